The molecular weight excluding hydrogens is 248 g/mol. The number of nitrogens with zero attached hydrogens (tertiary/aromatic N) is 2. The van der Waals surface area contributed by atoms with E-state index in [0.29, 0.717) is 11.3 Å². The predicted octanol–water partition coefficient (Wildman–Crippen LogP) is 1.08. The van der Waals surface area contributed by atoms with Gasteiger partial charge in [-0.3, -0.25) is 15.2 Å². The van der Waals surface area contributed by atoms with Gasteiger partial charge in [-0.15, -0.1) is 11.8 Å². The third-order valence-electron chi connectivity index (χ3n) is 2.88. The summed E-state index contributed by atoms with van der Waals surface area (Å²) >= 11 is 1.40. The Morgan fingerprint density at radius 2 is 2.22 bits per heavy atom. The van der Waals surface area contributed by atoms with E-state index in [1.165, 1.54) is 11.8 Å². The van der Waals surface area contributed by atoms with Gasteiger partial charge in [-0.25, -0.2) is 0 Å². The number of carbonyl (C=O) groups excluding carboxylic acids is 1. The molecule has 1 aromatic rings. The smallest absolute Gasteiger partial charge is 0.232 e. The average Bonchev–Trinajstić information content (AvgIpc) is 2.90. The Morgan fingerprint density at radius 1 is 1.50 bits per heavy atom. The lowest BCUT2D eigenvalue weighted by molar-refractivity contribution is -0.127. The zero-order chi connectivity index (χ0) is 13.0. The number of hydrogen-bond acceptors (Lipinski definition) is 4. The molecule has 0 unspecified atom stereocenters. The highest BCUT2D eigenvalue weighted by molar-refractivity contribution is 8.00. The van der Waals surface area contributed by atoms with E-state index in [1.54, 1.807) is 18.5 Å². The van der Waals surface area contributed by atoms with Crippen molar-refractivity contribution in [2.75, 3.05) is 18.8 Å². The molecule has 1 aliphatic heterocycles. The number of nitrogen functional groups attached to an aromatic ring is 1. The van der Waals surface area contributed by atoms with Gasteiger partial charge in [0, 0.05) is 35.9 Å². The minimum absolute atomic E-state index is 0.00789. The van der Waals surface area contributed by atoms with Gasteiger partial charge in [0.1, 0.15) is 5.84 Å². The van der Waals surface area contributed by atoms with Crippen LogP contribution in [0.4, 0.5) is 0 Å². The molecule has 3 N–H and O–H groups in total. The maximum Gasteiger partial charge on any atom is 0.232 e. The summed E-state index contributed by atoms with van der Waals surface area (Å²) in [6.45, 7) is 1.73. The summed E-state index contributed by atoms with van der Waals surface area (Å²) in [4.78, 5) is 18.6. The standard InChI is InChI=1S/C12H16N4OS/c13-12(14)9-3-4-15-7-10(9)18-8-11(17)16-5-1-2-6-16/h3-4,7H,1-2,5-6,8H2,(H3,13,14). The Hall–Kier alpha value is -1.56. The van der Waals surface area contributed by atoms with E-state index in [0.717, 1.165) is 30.8 Å². The fraction of sp³-hybridized carbons (Fsp3) is 0.417. The lowest BCUT2D eigenvalue weighted by atomic mass is 10.2. The number of carbonyl (C=O) groups is 1. The van der Waals surface area contributed by atoms with Gasteiger partial charge < -0.3 is 10.6 Å². The number of nitrogens with two attached hydrogens (primary N) is 1. The lowest BCUT2D eigenvalue weighted by Crippen LogP contribution is -2.29. The van der Waals surface area contributed by atoms with Gasteiger partial charge in [-0.05, 0) is 18.9 Å². The van der Waals surface area contributed by atoms with E-state index in [9.17, 15) is 4.79 Å². The van der Waals surface area contributed by atoms with Gasteiger partial charge in [-0.1, -0.05) is 0 Å². The second-order valence-corrected chi connectivity index (χ2v) is 5.18. The highest BCUT2D eigenvalue weighted by Gasteiger charge is 2.18. The van der Waals surface area contributed by atoms with Crippen molar-refractivity contribution in [2.24, 2.45) is 5.73 Å². The summed E-state index contributed by atoms with van der Waals surface area (Å²) in [6.07, 6.45) is 5.45. The number of amidine groups is 1. The fourth-order valence-corrected chi connectivity index (χ4v) is 2.85. The Morgan fingerprint density at radius 3 is 2.89 bits per heavy atom. The molecule has 1 aromatic heterocycles. The van der Waals surface area contributed by atoms with Gasteiger partial charge in [0.2, 0.25) is 5.91 Å². The van der Waals surface area contributed by atoms with Crippen LogP contribution in [0.2, 0.25) is 0 Å². The van der Waals surface area contributed by atoms with Crippen molar-refractivity contribution in [1.29, 1.82) is 5.41 Å². The highest BCUT2D eigenvalue weighted by Crippen LogP contribution is 2.22. The van der Waals surface area contributed by atoms with Crippen LogP contribution < -0.4 is 5.73 Å². The number of pyridine rings is 1. The molecule has 0 aliphatic carbocycles. The number of hydrogen-bond donors (Lipinski definition) is 2. The Kier molecular flexibility index (Phi) is 4.19. The largest absolute Gasteiger partial charge is 0.384 e. The first-order chi connectivity index (χ1) is 8.68. The number of likely N-dealkylation sites (tertiary alicyclic amines) is 1. The molecule has 0 bridgehead atoms. The van der Waals surface area contributed by atoms with Crippen molar-refractivity contribution in [3.8, 4) is 0 Å². The van der Waals surface area contributed by atoms with Crippen molar-refractivity contribution < 1.29 is 4.79 Å². The molecule has 1 fully saturated rings. The molecule has 5 nitrogen and oxygen atoms in total. The molecule has 0 atom stereocenters. The van der Waals surface area contributed by atoms with E-state index in [4.69, 9.17) is 11.1 Å². The quantitative estimate of drug-likeness (QED) is 0.484. The fourth-order valence-electron chi connectivity index (χ4n) is 1.91. The maximum absolute atomic E-state index is 11.9. The number of nitrogens with one attached hydrogen (secondary N) is 1. The Labute approximate surface area is 110 Å². The first kappa shape index (κ1) is 12.9. The summed E-state index contributed by atoms with van der Waals surface area (Å²) < 4.78 is 0. The number of thioether (sulfide) groups is 1. The third kappa shape index (κ3) is 3.01. The SMILES string of the molecule is N=C(N)c1ccncc1SCC(=O)N1CCCC1. The van der Waals surface area contributed by atoms with E-state index >= 15 is 0 Å². The highest BCUT2D eigenvalue weighted by atomic mass is 32.2. The molecule has 0 radical (unpaired) electrons. The van der Waals surface area contributed by atoms with Crippen molar-refractivity contribution in [2.45, 2.75) is 17.7 Å². The average molecular weight is 264 g/mol. The van der Waals surface area contributed by atoms with Crippen molar-refractivity contribution >= 4 is 23.5 Å². The third-order valence-corrected chi connectivity index (χ3v) is 3.91. The van der Waals surface area contributed by atoms with Gasteiger partial charge in [0.15, 0.2) is 0 Å². The molecule has 0 saturated carbocycles. The summed E-state index contributed by atoms with van der Waals surface area (Å²) in [5, 5.41) is 7.47. The number of rotatable bonds is 4. The summed E-state index contributed by atoms with van der Waals surface area (Å²) in [5.41, 5.74) is 6.13. The van der Waals surface area contributed by atoms with E-state index in [-0.39, 0.29) is 11.7 Å². The van der Waals surface area contributed by atoms with E-state index < -0.39 is 0 Å². The van der Waals surface area contributed by atoms with Crippen LogP contribution in [0.15, 0.2) is 23.4 Å². The molecule has 96 valence electrons. The minimum Gasteiger partial charge on any atom is -0.384 e. The first-order valence-electron chi connectivity index (χ1n) is 5.87. The van der Waals surface area contributed by atoms with Crippen LogP contribution in [0.3, 0.4) is 0 Å². The van der Waals surface area contributed by atoms with Gasteiger partial charge in [0.25, 0.3) is 0 Å². The van der Waals surface area contributed by atoms with Crippen LogP contribution in [0, 0.1) is 5.41 Å². The van der Waals surface area contributed by atoms with Crippen LogP contribution in [-0.2, 0) is 4.79 Å². The molecule has 1 aliphatic rings. The molecule has 2 rings (SSSR count). The number of amides is 1. The van der Waals surface area contributed by atoms with Gasteiger partial charge >= 0.3 is 0 Å². The van der Waals surface area contributed by atoms with Gasteiger partial charge in [-0.2, -0.15) is 0 Å². The van der Waals surface area contributed by atoms with Crippen LogP contribution in [0.1, 0.15) is 18.4 Å². The summed E-state index contributed by atoms with van der Waals surface area (Å²) in [5.74, 6) is 0.538. The first-order valence-corrected chi connectivity index (χ1v) is 6.86. The topological polar surface area (TPSA) is 83.1 Å². The molecule has 6 heteroatoms. The summed E-state index contributed by atoms with van der Waals surface area (Å²) in [7, 11) is 0. The minimum atomic E-state index is 0.00789. The second kappa shape index (κ2) is 5.86. The van der Waals surface area contributed by atoms with Crippen molar-refractivity contribution in [3.05, 3.63) is 24.0 Å². The molecule has 2 heterocycles. The van der Waals surface area contributed by atoms with Gasteiger partial charge in [0.05, 0.1) is 5.75 Å². The van der Waals surface area contributed by atoms with E-state index in [2.05, 4.69) is 4.98 Å². The summed E-state index contributed by atoms with van der Waals surface area (Å²) in [6, 6.07) is 1.70. The predicted molar refractivity (Wildman–Crippen MR) is 71.8 cm³/mol. The van der Waals surface area contributed by atoms with E-state index in [1.807, 2.05) is 4.90 Å². The molecule has 0 spiro atoms. The molecular formula is C12H16N4OS. The Bertz CT molecular complexity index is 457. The van der Waals surface area contributed by atoms with Crippen molar-refractivity contribution in [1.82, 2.24) is 9.88 Å². The normalized spacial score (nSPS) is 14.8. The molecule has 1 amide bonds. The van der Waals surface area contributed by atoms with Crippen LogP contribution in [0.25, 0.3) is 0 Å². The van der Waals surface area contributed by atoms with Crippen molar-refractivity contribution in [3.63, 3.8) is 0 Å². The molecule has 1 saturated heterocycles. The number of aromatic nitrogens is 1. The zero-order valence-corrected chi connectivity index (χ0v) is 10.9. The maximum atomic E-state index is 11.9. The monoisotopic (exact) mass is 264 g/mol. The zero-order valence-electron chi connectivity index (χ0n) is 10.1. The lowest BCUT2D eigenvalue weighted by Gasteiger charge is -2.15. The van der Waals surface area contributed by atoms with Crippen LogP contribution in [0.5, 0.6) is 0 Å². The van der Waals surface area contributed by atoms with Crippen LogP contribution in [-0.4, -0.2) is 40.5 Å². The molecule has 18 heavy (non-hydrogen) atoms. The molecule has 0 aromatic carbocycles. The Balaban J connectivity index is 1.97. The second-order valence-electron chi connectivity index (χ2n) is 4.16. The van der Waals surface area contributed by atoms with Crippen LogP contribution >= 0.6 is 11.8 Å².